The highest BCUT2D eigenvalue weighted by molar-refractivity contribution is 5.94. The van der Waals surface area contributed by atoms with Crippen LogP contribution in [0.4, 0.5) is 5.69 Å². The molecule has 3 N–H and O–H groups in total. The number of benzene rings is 1. The lowest BCUT2D eigenvalue weighted by Gasteiger charge is -2.38. The first-order valence-electron chi connectivity index (χ1n) is 11.0. The van der Waals surface area contributed by atoms with E-state index in [9.17, 15) is 4.79 Å². The molecule has 1 aromatic heterocycles. The summed E-state index contributed by atoms with van der Waals surface area (Å²) in [6.45, 7) is 0.824. The zero-order chi connectivity index (χ0) is 22.8. The van der Waals surface area contributed by atoms with Crippen molar-refractivity contribution < 1.29 is 14.3 Å². The van der Waals surface area contributed by atoms with Crippen LogP contribution in [0.3, 0.4) is 0 Å². The lowest BCUT2D eigenvalue weighted by atomic mass is 9.69. The number of nitrogens with zero attached hydrogens (tertiary/aromatic N) is 2. The maximum Gasteiger partial charge on any atom is 0.243 e. The number of guanidine groups is 1. The van der Waals surface area contributed by atoms with E-state index in [2.05, 4.69) is 38.1 Å². The van der Waals surface area contributed by atoms with Crippen molar-refractivity contribution in [2.75, 3.05) is 39.7 Å². The number of carbonyl (C=O) groups excluding carboxylic acids is 1. The Bertz CT molecular complexity index is 911. The lowest BCUT2D eigenvalue weighted by molar-refractivity contribution is -0.115. The van der Waals surface area contributed by atoms with Crippen LogP contribution in [-0.2, 0) is 10.2 Å². The minimum atomic E-state index is -0.159. The summed E-state index contributed by atoms with van der Waals surface area (Å²) in [5.41, 5.74) is 1.86. The summed E-state index contributed by atoms with van der Waals surface area (Å²) >= 11 is 0. The average Bonchev–Trinajstić information content (AvgIpc) is 2.84. The van der Waals surface area contributed by atoms with E-state index in [1.165, 1.54) is 24.8 Å². The molecule has 1 aliphatic rings. The number of anilines is 1. The summed E-state index contributed by atoms with van der Waals surface area (Å²) in [5.74, 6) is 1.90. The highest BCUT2D eigenvalue weighted by Crippen LogP contribution is 2.42. The number of methoxy groups -OCH3 is 2. The van der Waals surface area contributed by atoms with E-state index in [0.717, 1.165) is 24.3 Å². The van der Waals surface area contributed by atoms with Gasteiger partial charge in [0.1, 0.15) is 0 Å². The number of ether oxygens (including phenoxy) is 2. The van der Waals surface area contributed by atoms with Crippen molar-refractivity contribution in [2.45, 2.75) is 37.5 Å². The first-order chi connectivity index (χ1) is 15.6. The van der Waals surface area contributed by atoms with Crippen LogP contribution in [0.15, 0.2) is 47.7 Å². The maximum absolute atomic E-state index is 12.2. The summed E-state index contributed by atoms with van der Waals surface area (Å²) in [7, 11) is 5.02. The molecule has 0 atom stereocenters. The molecule has 32 heavy (non-hydrogen) atoms. The summed E-state index contributed by atoms with van der Waals surface area (Å²) in [6.07, 6.45) is 9.03. The van der Waals surface area contributed by atoms with Gasteiger partial charge in [-0.1, -0.05) is 25.3 Å². The molecular formula is C24H33N5O3. The Kier molecular flexibility index (Phi) is 8.30. The quantitative estimate of drug-likeness (QED) is 0.432. The van der Waals surface area contributed by atoms with Gasteiger partial charge in [0.15, 0.2) is 17.5 Å². The Balaban J connectivity index is 1.64. The molecule has 0 spiro atoms. The summed E-state index contributed by atoms with van der Waals surface area (Å²) in [6, 6.07) is 9.77. The van der Waals surface area contributed by atoms with Gasteiger partial charge in [0.2, 0.25) is 5.91 Å². The molecule has 2 aromatic rings. The summed E-state index contributed by atoms with van der Waals surface area (Å²) in [5, 5.41) is 9.35. The molecule has 0 radical (unpaired) electrons. The Morgan fingerprint density at radius 2 is 1.88 bits per heavy atom. The second kappa shape index (κ2) is 11.4. The number of aromatic nitrogens is 1. The minimum Gasteiger partial charge on any atom is -0.493 e. The third kappa shape index (κ3) is 5.90. The highest BCUT2D eigenvalue weighted by Gasteiger charge is 2.34. The van der Waals surface area contributed by atoms with E-state index >= 15 is 0 Å². The van der Waals surface area contributed by atoms with Gasteiger partial charge in [-0.25, -0.2) is 0 Å². The van der Waals surface area contributed by atoms with Gasteiger partial charge in [-0.3, -0.25) is 14.8 Å². The zero-order valence-electron chi connectivity index (χ0n) is 19.1. The molecule has 1 saturated carbocycles. The first kappa shape index (κ1) is 23.4. The number of nitrogens with one attached hydrogen (secondary N) is 3. The molecule has 172 valence electrons. The molecule has 1 heterocycles. The van der Waals surface area contributed by atoms with E-state index in [0.29, 0.717) is 18.2 Å². The van der Waals surface area contributed by atoms with Crippen LogP contribution in [-0.4, -0.2) is 51.2 Å². The maximum atomic E-state index is 12.2. The van der Waals surface area contributed by atoms with Crippen LogP contribution >= 0.6 is 0 Å². The van der Waals surface area contributed by atoms with Gasteiger partial charge in [0.25, 0.3) is 0 Å². The second-order valence-electron chi connectivity index (χ2n) is 7.98. The molecule has 1 fully saturated rings. The molecular weight excluding hydrogens is 406 g/mol. The van der Waals surface area contributed by atoms with Gasteiger partial charge in [-0.2, -0.15) is 0 Å². The predicted molar refractivity (Wildman–Crippen MR) is 127 cm³/mol. The van der Waals surface area contributed by atoms with E-state index in [4.69, 9.17) is 9.47 Å². The fourth-order valence-electron chi connectivity index (χ4n) is 4.24. The van der Waals surface area contributed by atoms with Crippen LogP contribution < -0.4 is 25.4 Å². The SMILES string of the molecule is CN=C(NCC(=O)Nc1cccnc1)NCC1(c2ccc(OC)c(OC)c2)CCCCC1. The fourth-order valence-corrected chi connectivity index (χ4v) is 4.24. The van der Waals surface area contributed by atoms with Crippen LogP contribution in [0.5, 0.6) is 11.5 Å². The van der Waals surface area contributed by atoms with E-state index in [-0.39, 0.29) is 17.9 Å². The number of pyridine rings is 1. The predicted octanol–water partition coefficient (Wildman–Crippen LogP) is 3.10. The van der Waals surface area contributed by atoms with Gasteiger partial charge in [0.05, 0.1) is 32.6 Å². The van der Waals surface area contributed by atoms with Crippen LogP contribution in [0, 0.1) is 0 Å². The zero-order valence-corrected chi connectivity index (χ0v) is 19.1. The van der Waals surface area contributed by atoms with Crippen molar-refractivity contribution >= 4 is 17.6 Å². The Labute approximate surface area is 189 Å². The number of rotatable bonds is 8. The van der Waals surface area contributed by atoms with Gasteiger partial charge < -0.3 is 25.4 Å². The molecule has 3 rings (SSSR count). The summed E-state index contributed by atoms with van der Waals surface area (Å²) < 4.78 is 11.0. The molecule has 0 bridgehead atoms. The Morgan fingerprint density at radius 3 is 2.53 bits per heavy atom. The molecule has 1 aromatic carbocycles. The van der Waals surface area contributed by atoms with Crippen molar-refractivity contribution in [1.82, 2.24) is 15.6 Å². The van der Waals surface area contributed by atoms with Crippen molar-refractivity contribution in [1.29, 1.82) is 0 Å². The summed E-state index contributed by atoms with van der Waals surface area (Å²) in [4.78, 5) is 20.5. The largest absolute Gasteiger partial charge is 0.493 e. The second-order valence-corrected chi connectivity index (χ2v) is 7.98. The average molecular weight is 440 g/mol. The lowest BCUT2D eigenvalue weighted by Crippen LogP contribution is -2.48. The molecule has 1 aliphatic carbocycles. The molecule has 1 amide bonds. The highest BCUT2D eigenvalue weighted by atomic mass is 16.5. The topological polar surface area (TPSA) is 96.9 Å². The van der Waals surface area contributed by atoms with Crippen LogP contribution in [0.2, 0.25) is 0 Å². The van der Waals surface area contributed by atoms with E-state index in [1.807, 2.05) is 6.07 Å². The van der Waals surface area contributed by atoms with E-state index in [1.54, 1.807) is 45.8 Å². The van der Waals surface area contributed by atoms with Gasteiger partial charge in [-0.15, -0.1) is 0 Å². The van der Waals surface area contributed by atoms with Crippen LogP contribution in [0.25, 0.3) is 0 Å². The molecule has 0 unspecified atom stereocenters. The molecule has 8 nitrogen and oxygen atoms in total. The normalized spacial score (nSPS) is 15.5. The Hall–Kier alpha value is -3.29. The van der Waals surface area contributed by atoms with Crippen molar-refractivity contribution in [3.8, 4) is 11.5 Å². The Morgan fingerprint density at radius 1 is 1.09 bits per heavy atom. The molecule has 0 aliphatic heterocycles. The third-order valence-electron chi connectivity index (χ3n) is 5.99. The van der Waals surface area contributed by atoms with Gasteiger partial charge in [-0.05, 0) is 42.7 Å². The van der Waals surface area contributed by atoms with Gasteiger partial charge >= 0.3 is 0 Å². The fraction of sp³-hybridized carbons (Fsp3) is 0.458. The van der Waals surface area contributed by atoms with Crippen molar-refractivity contribution in [2.24, 2.45) is 4.99 Å². The first-order valence-corrected chi connectivity index (χ1v) is 11.0. The third-order valence-corrected chi connectivity index (χ3v) is 5.99. The monoisotopic (exact) mass is 439 g/mol. The number of hydrogen-bond donors (Lipinski definition) is 3. The minimum absolute atomic E-state index is 0.0343. The number of aliphatic imine (C=N–C) groups is 1. The van der Waals surface area contributed by atoms with E-state index < -0.39 is 0 Å². The standard InChI is InChI=1S/C24H33N5O3/c1-25-23(27-16-22(30)29-19-8-7-13-26-15-19)28-17-24(11-5-4-6-12-24)18-9-10-20(31-2)21(14-18)32-3/h7-10,13-15H,4-6,11-12,16-17H2,1-3H3,(H,29,30)(H2,25,27,28). The van der Waals surface area contributed by atoms with Crippen molar-refractivity contribution in [3.63, 3.8) is 0 Å². The number of carbonyl (C=O) groups is 1. The number of hydrogen-bond acceptors (Lipinski definition) is 5. The molecule has 0 saturated heterocycles. The van der Waals surface area contributed by atoms with Gasteiger partial charge in [0, 0.05) is 25.2 Å². The number of amides is 1. The van der Waals surface area contributed by atoms with Crippen LogP contribution in [0.1, 0.15) is 37.7 Å². The smallest absolute Gasteiger partial charge is 0.243 e. The van der Waals surface area contributed by atoms with Crippen molar-refractivity contribution in [3.05, 3.63) is 48.3 Å². The molecule has 8 heteroatoms.